The molecule has 0 aliphatic rings. The number of nitrogens with one attached hydrogen (secondary N) is 1. The molecule has 0 aliphatic carbocycles. The summed E-state index contributed by atoms with van der Waals surface area (Å²) in [6.45, 7) is 2.89. The number of rotatable bonds is 15. The highest BCUT2D eigenvalue weighted by molar-refractivity contribution is 7.86. The number of ether oxygens (including phenoxy) is 2. The Morgan fingerprint density at radius 2 is 1.19 bits per heavy atom. The minimum absolute atomic E-state index is 0. The lowest BCUT2D eigenvalue weighted by Gasteiger charge is -2.23. The van der Waals surface area contributed by atoms with Crippen molar-refractivity contribution in [2.45, 2.75) is 92.8 Å². The molecule has 48 heavy (non-hydrogen) atoms. The van der Waals surface area contributed by atoms with Gasteiger partial charge in [-0.15, -0.1) is 0 Å². The first kappa shape index (κ1) is 51.1. The van der Waals surface area contributed by atoms with E-state index in [4.69, 9.17) is 9.47 Å². The predicted molar refractivity (Wildman–Crippen MR) is 195 cm³/mol. The Morgan fingerprint density at radius 1 is 0.729 bits per heavy atom. The maximum atomic E-state index is 12.8. The van der Waals surface area contributed by atoms with E-state index in [2.05, 4.69) is 17.4 Å². The van der Waals surface area contributed by atoms with Crippen molar-refractivity contribution < 1.29 is 41.5 Å². The van der Waals surface area contributed by atoms with Crippen molar-refractivity contribution in [3.63, 3.8) is 0 Å². The van der Waals surface area contributed by atoms with Crippen LogP contribution in [-0.2, 0) is 46.8 Å². The van der Waals surface area contributed by atoms with E-state index in [9.17, 15) is 27.4 Å². The zero-order chi connectivity index (χ0) is 31.8. The number of carbonyl (C=O) groups excluding carboxylic acids is 3. The molecule has 1 amide bonds. The molecule has 3 aromatic carbocycles. The fourth-order valence-electron chi connectivity index (χ4n) is 4.59. The second-order valence-electron chi connectivity index (χ2n) is 10.1. The van der Waals surface area contributed by atoms with Gasteiger partial charge in [0.25, 0.3) is 10.1 Å². The molecule has 3 unspecified atom stereocenters. The lowest BCUT2D eigenvalue weighted by Crippen LogP contribution is -2.39. The summed E-state index contributed by atoms with van der Waals surface area (Å²) >= 11 is 0. The lowest BCUT2D eigenvalue weighted by atomic mass is 9.92. The molecule has 0 spiro atoms. The van der Waals surface area contributed by atoms with Crippen LogP contribution in [0.25, 0.3) is 0 Å². The number of Topliss-reactive ketones (excluding diaryl/α,β-unsaturated/α-hetero) is 2. The molecule has 0 bridgehead atoms. The van der Waals surface area contributed by atoms with E-state index in [1.807, 2.05) is 48.5 Å². The van der Waals surface area contributed by atoms with Crippen molar-refractivity contribution >= 4 is 33.3 Å². The van der Waals surface area contributed by atoms with Gasteiger partial charge in [-0.25, -0.2) is 0 Å². The number of hydrogen-bond acceptors (Lipinski definition) is 7. The van der Waals surface area contributed by atoms with E-state index < -0.39 is 38.7 Å². The van der Waals surface area contributed by atoms with Crippen molar-refractivity contribution in [3.05, 3.63) is 96.1 Å². The van der Waals surface area contributed by atoms with Crippen LogP contribution in [0, 0.1) is 5.92 Å². The Balaban J connectivity index is -0.000000419. The van der Waals surface area contributed by atoms with Gasteiger partial charge >= 0.3 is 0 Å². The number of benzene rings is 3. The summed E-state index contributed by atoms with van der Waals surface area (Å²) in [5.74, 6) is -2.02. The fraction of sp³-hybridized carbons (Fsp3) is 0.432. The minimum Gasteiger partial charge on any atom is -0.381 e. The number of anilines is 1. The summed E-state index contributed by atoms with van der Waals surface area (Å²) in [4.78, 5) is 35.4. The van der Waals surface area contributed by atoms with E-state index >= 15 is 0 Å². The lowest BCUT2D eigenvalue weighted by molar-refractivity contribution is -0.135. The van der Waals surface area contributed by atoms with Gasteiger partial charge in [-0.05, 0) is 62.8 Å². The van der Waals surface area contributed by atoms with E-state index in [-0.39, 0.29) is 52.0 Å². The van der Waals surface area contributed by atoms with Crippen LogP contribution in [0.5, 0.6) is 0 Å². The van der Waals surface area contributed by atoms with Gasteiger partial charge < -0.3 is 14.8 Å². The van der Waals surface area contributed by atoms with Gasteiger partial charge in [0.2, 0.25) is 5.91 Å². The highest BCUT2D eigenvalue weighted by Gasteiger charge is 2.33. The molecule has 0 radical (unpaired) electrons. The van der Waals surface area contributed by atoms with Crippen molar-refractivity contribution in [2.24, 2.45) is 5.92 Å². The highest BCUT2D eigenvalue weighted by atomic mass is 32.2. The summed E-state index contributed by atoms with van der Waals surface area (Å²) < 4.78 is 43.0. The van der Waals surface area contributed by atoms with Crippen molar-refractivity contribution in [3.8, 4) is 0 Å². The van der Waals surface area contributed by atoms with Crippen molar-refractivity contribution in [2.75, 3.05) is 19.5 Å². The third kappa shape index (κ3) is 18.0. The Kier molecular flexibility index (Phi) is 27.9. The number of methoxy groups -OCH3 is 2. The fourth-order valence-corrected chi connectivity index (χ4v) is 5.24. The number of aryl methyl sites for hydroxylation is 2. The highest BCUT2D eigenvalue weighted by Crippen LogP contribution is 2.23. The quantitative estimate of drug-likeness (QED) is 0.120. The van der Waals surface area contributed by atoms with Crippen LogP contribution < -0.4 is 5.32 Å². The Morgan fingerprint density at radius 3 is 1.60 bits per heavy atom. The first-order valence-electron chi connectivity index (χ1n) is 14.0. The average Bonchev–Trinajstić information content (AvgIpc) is 2.98. The smallest absolute Gasteiger partial charge is 0.296 e. The van der Waals surface area contributed by atoms with E-state index in [0.717, 1.165) is 24.5 Å². The molecule has 0 saturated carbocycles. The molecule has 2 N–H and O–H groups in total. The van der Waals surface area contributed by atoms with Crippen molar-refractivity contribution in [1.29, 1.82) is 0 Å². The van der Waals surface area contributed by atoms with Crippen LogP contribution in [0.4, 0.5) is 10.4 Å². The molecular weight excluding hydrogens is 637 g/mol. The summed E-state index contributed by atoms with van der Waals surface area (Å²) in [5.41, 5.74) is 2.24. The molecule has 0 saturated heterocycles. The van der Waals surface area contributed by atoms with E-state index in [0.29, 0.717) is 19.3 Å². The SMILES string of the molecule is C.C.C.C.COC(CCc1ccccc1)C(C(C)=O)C(=O)Nc1ccccc1S(=O)(=O)O.COC(CCc1ccccc1)CC(C)=O.F. The van der Waals surface area contributed by atoms with Crippen LogP contribution in [0.2, 0.25) is 0 Å². The van der Waals surface area contributed by atoms with Gasteiger partial charge in [-0.3, -0.25) is 23.6 Å². The molecular formula is C37H58FNO8S. The largest absolute Gasteiger partial charge is 0.381 e. The van der Waals surface area contributed by atoms with Gasteiger partial charge in [0, 0.05) is 20.6 Å². The summed E-state index contributed by atoms with van der Waals surface area (Å²) in [5, 5.41) is 2.43. The summed E-state index contributed by atoms with van der Waals surface area (Å²) in [6, 6.07) is 25.3. The summed E-state index contributed by atoms with van der Waals surface area (Å²) in [7, 11) is -1.44. The zero-order valence-corrected chi connectivity index (χ0v) is 26.3. The molecule has 0 heterocycles. The maximum absolute atomic E-state index is 12.8. The second kappa shape index (κ2) is 26.2. The van der Waals surface area contributed by atoms with Gasteiger partial charge in [0.1, 0.15) is 22.4 Å². The molecule has 9 nitrogen and oxygen atoms in total. The number of amides is 1. The summed E-state index contributed by atoms with van der Waals surface area (Å²) in [6.07, 6.45) is 2.80. The molecule has 3 atom stereocenters. The zero-order valence-electron chi connectivity index (χ0n) is 25.5. The van der Waals surface area contributed by atoms with E-state index in [1.165, 1.54) is 37.8 Å². The number of halogens is 1. The maximum Gasteiger partial charge on any atom is 0.296 e. The van der Waals surface area contributed by atoms with Crippen LogP contribution >= 0.6 is 0 Å². The third-order valence-electron chi connectivity index (χ3n) is 6.82. The molecule has 0 aliphatic heterocycles. The molecule has 0 fully saturated rings. The Bertz CT molecular complexity index is 1420. The number of ketones is 2. The van der Waals surface area contributed by atoms with Crippen LogP contribution in [0.3, 0.4) is 0 Å². The number of carbonyl (C=O) groups is 3. The van der Waals surface area contributed by atoms with Gasteiger partial charge in [0.05, 0.1) is 17.9 Å². The monoisotopic (exact) mass is 695 g/mol. The second-order valence-corrected chi connectivity index (χ2v) is 11.5. The molecule has 3 rings (SSSR count). The van der Waals surface area contributed by atoms with Gasteiger partial charge in [-0.2, -0.15) is 8.42 Å². The molecule has 11 heteroatoms. The average molecular weight is 696 g/mol. The minimum atomic E-state index is -4.53. The topological polar surface area (TPSA) is 136 Å². The molecule has 272 valence electrons. The molecule has 3 aromatic rings. The molecule has 0 aromatic heterocycles. The van der Waals surface area contributed by atoms with Crippen molar-refractivity contribution in [1.82, 2.24) is 0 Å². The number of hydrogen-bond donors (Lipinski definition) is 2. The Labute approximate surface area is 288 Å². The van der Waals surface area contributed by atoms with Gasteiger partial charge in [0.15, 0.2) is 0 Å². The van der Waals surface area contributed by atoms with E-state index in [1.54, 1.807) is 14.0 Å². The standard InChI is InChI=1S/C20H23NO6S.C13H18O2.4CH4.FH/c1-14(22)19(17(27-2)13-12-15-8-4-3-5-9-15)20(23)21-16-10-6-7-11-18(16)28(24,25)26;1-11(14)10-13(15-2)9-8-12-6-4-3-5-7-12;;;;;/h3-11,17,19H,12-13H2,1-2H3,(H,21,23)(H,24,25,26);3-7,13H,8-10H2,1-2H3;4*1H4;1H. The predicted octanol–water partition coefficient (Wildman–Crippen LogP) is 8.04. The third-order valence-corrected chi connectivity index (χ3v) is 7.74. The van der Waals surface area contributed by atoms with Crippen LogP contribution in [0.15, 0.2) is 89.8 Å². The van der Waals surface area contributed by atoms with Crippen LogP contribution in [0.1, 0.15) is 73.9 Å². The van der Waals surface area contributed by atoms with Gasteiger partial charge in [-0.1, -0.05) is 103 Å². The number of para-hydroxylation sites is 1. The first-order valence-corrected chi connectivity index (χ1v) is 15.4. The van der Waals surface area contributed by atoms with Crippen LogP contribution in [-0.4, -0.2) is 56.9 Å². The first-order chi connectivity index (χ1) is 20.5. The Hall–Kier alpha value is -3.77. The normalized spacial score (nSPS) is 11.8.